The smallest absolute Gasteiger partial charge is 0.265 e. The van der Waals surface area contributed by atoms with Gasteiger partial charge in [0.2, 0.25) is 0 Å². The molecule has 0 aromatic heterocycles. The number of ketones is 1. The van der Waals surface area contributed by atoms with Crippen LogP contribution in [-0.2, 0) is 4.79 Å². The Hall–Kier alpha value is -1.49. The van der Waals surface area contributed by atoms with Gasteiger partial charge in [-0.1, -0.05) is 40.9 Å². The second kappa shape index (κ2) is 6.10. The van der Waals surface area contributed by atoms with Crippen molar-refractivity contribution in [1.82, 2.24) is 5.32 Å². The van der Waals surface area contributed by atoms with Crippen molar-refractivity contribution in [3.8, 4) is 0 Å². The fourth-order valence-electron chi connectivity index (χ4n) is 2.96. The summed E-state index contributed by atoms with van der Waals surface area (Å²) in [6.45, 7) is 0. The number of hydrogen-bond donors (Lipinski definition) is 1. The van der Waals surface area contributed by atoms with Crippen molar-refractivity contribution in [1.29, 1.82) is 0 Å². The van der Waals surface area contributed by atoms with Gasteiger partial charge in [0.15, 0.2) is 5.78 Å². The molecule has 1 aliphatic heterocycles. The molecule has 5 heteroatoms. The molecule has 0 bridgehead atoms. The lowest BCUT2D eigenvalue weighted by Gasteiger charge is -2.33. The molecule has 0 radical (unpaired) electrons. The van der Waals surface area contributed by atoms with E-state index in [4.69, 9.17) is 0 Å². The monoisotopic (exact) mass is 348 g/mol. The second-order valence-corrected chi connectivity index (χ2v) is 6.53. The molecule has 1 N–H and O–H groups in total. The van der Waals surface area contributed by atoms with Crippen LogP contribution in [0.1, 0.15) is 42.5 Å². The Morgan fingerprint density at radius 2 is 1.95 bits per heavy atom. The maximum atomic E-state index is 12.3. The topological polar surface area (TPSA) is 58.5 Å². The highest BCUT2D eigenvalue weighted by atomic mass is 79.9. The summed E-state index contributed by atoms with van der Waals surface area (Å²) >= 11 is 3.34. The summed E-state index contributed by atoms with van der Waals surface area (Å²) in [5, 5.41) is 3.00. The van der Waals surface area contributed by atoms with Crippen molar-refractivity contribution in [2.24, 2.45) is 4.99 Å². The molecule has 0 saturated heterocycles. The van der Waals surface area contributed by atoms with Gasteiger partial charge in [-0.25, -0.2) is 0 Å². The van der Waals surface area contributed by atoms with Crippen molar-refractivity contribution in [2.75, 3.05) is 0 Å². The first kappa shape index (κ1) is 14.4. The van der Waals surface area contributed by atoms with E-state index >= 15 is 0 Å². The van der Waals surface area contributed by atoms with Crippen molar-refractivity contribution >= 4 is 33.3 Å². The maximum Gasteiger partial charge on any atom is 0.265 e. The van der Waals surface area contributed by atoms with E-state index in [2.05, 4.69) is 26.2 Å². The molecule has 3 rings (SSSR count). The van der Waals surface area contributed by atoms with Crippen LogP contribution in [0, 0.1) is 0 Å². The van der Waals surface area contributed by atoms with Gasteiger partial charge in [-0.15, -0.1) is 0 Å². The third-order valence-electron chi connectivity index (χ3n) is 4.12. The molecule has 1 aromatic carbocycles. The summed E-state index contributed by atoms with van der Waals surface area (Å²) in [5.74, 6) is -0.241. The minimum atomic E-state index is -0.177. The highest BCUT2D eigenvalue weighted by Crippen LogP contribution is 2.24. The highest BCUT2D eigenvalue weighted by Gasteiger charge is 2.33. The van der Waals surface area contributed by atoms with E-state index in [1.54, 1.807) is 12.1 Å². The second-order valence-electron chi connectivity index (χ2n) is 5.61. The normalized spacial score (nSPS) is 24.8. The number of nitrogens with one attached hydrogen (secondary N) is 1. The van der Waals surface area contributed by atoms with Gasteiger partial charge in [-0.2, -0.15) is 0 Å². The lowest BCUT2D eigenvalue weighted by molar-refractivity contribution is -0.116. The number of carbonyl (C=O) groups excluding carboxylic acids is 2. The molecular weight excluding hydrogens is 332 g/mol. The van der Waals surface area contributed by atoms with Gasteiger partial charge in [-0.05, 0) is 25.0 Å². The summed E-state index contributed by atoms with van der Waals surface area (Å²) in [6.07, 6.45) is 4.37. The Bertz CT molecular complexity index is 595. The van der Waals surface area contributed by atoms with Crippen LogP contribution >= 0.6 is 15.9 Å². The first-order valence-corrected chi connectivity index (χ1v) is 8.09. The fourth-order valence-corrected chi connectivity index (χ4v) is 3.22. The molecule has 1 aliphatic carbocycles. The van der Waals surface area contributed by atoms with Gasteiger partial charge in [0.1, 0.15) is 5.71 Å². The number of nitrogens with zero attached hydrogens (tertiary/aromatic N) is 1. The summed E-state index contributed by atoms with van der Waals surface area (Å²) in [5.41, 5.74) is 0.991. The van der Waals surface area contributed by atoms with Crippen LogP contribution in [0.2, 0.25) is 0 Å². The summed E-state index contributed by atoms with van der Waals surface area (Å²) in [6, 6.07) is 7.50. The summed E-state index contributed by atoms with van der Waals surface area (Å²) in [7, 11) is 0. The Morgan fingerprint density at radius 3 is 2.71 bits per heavy atom. The maximum absolute atomic E-state index is 12.3. The quantitative estimate of drug-likeness (QED) is 0.853. The van der Waals surface area contributed by atoms with Crippen LogP contribution < -0.4 is 5.32 Å². The van der Waals surface area contributed by atoms with Crippen LogP contribution in [0.15, 0.2) is 33.7 Å². The largest absolute Gasteiger partial charge is 0.346 e. The number of halogens is 1. The number of rotatable bonds is 3. The van der Waals surface area contributed by atoms with E-state index in [0.717, 1.165) is 30.2 Å². The van der Waals surface area contributed by atoms with E-state index in [-0.39, 0.29) is 30.2 Å². The van der Waals surface area contributed by atoms with Gasteiger partial charge < -0.3 is 5.32 Å². The fraction of sp³-hybridized carbons (Fsp3) is 0.438. The van der Waals surface area contributed by atoms with Crippen molar-refractivity contribution in [2.45, 2.75) is 44.2 Å². The van der Waals surface area contributed by atoms with Gasteiger partial charge in [0.25, 0.3) is 5.91 Å². The predicted octanol–water partition coefficient (Wildman–Crippen LogP) is 2.90. The molecule has 2 atom stereocenters. The van der Waals surface area contributed by atoms with Gasteiger partial charge >= 0.3 is 0 Å². The third kappa shape index (κ3) is 3.23. The Balaban J connectivity index is 1.74. The number of carbonyl (C=O) groups is 2. The zero-order valence-corrected chi connectivity index (χ0v) is 13.2. The highest BCUT2D eigenvalue weighted by molar-refractivity contribution is 9.10. The van der Waals surface area contributed by atoms with E-state index < -0.39 is 0 Å². The van der Waals surface area contributed by atoms with Crippen molar-refractivity contribution in [3.05, 3.63) is 34.3 Å². The van der Waals surface area contributed by atoms with Crippen LogP contribution in [0.25, 0.3) is 0 Å². The Kier molecular flexibility index (Phi) is 4.19. The molecule has 2 aliphatic rings. The van der Waals surface area contributed by atoms with Gasteiger partial charge in [-0.3, -0.25) is 14.6 Å². The molecule has 1 saturated carbocycles. The molecule has 1 fully saturated rings. The van der Waals surface area contributed by atoms with E-state index in [1.165, 1.54) is 0 Å². The standard InChI is InChI=1S/C16H17BrN2O2/c17-11-7-5-10(6-8-11)15(20)9-14-16(21)19-13-4-2-1-3-12(13)18-14/h5-8,12-13H,1-4,9H2,(H,19,21)/t12-,13+/m0/s1. The zero-order valence-electron chi connectivity index (χ0n) is 11.6. The molecule has 0 spiro atoms. The van der Waals surface area contributed by atoms with Crippen molar-refractivity contribution in [3.63, 3.8) is 0 Å². The number of hydrogen-bond acceptors (Lipinski definition) is 3. The van der Waals surface area contributed by atoms with Gasteiger partial charge in [0, 0.05) is 10.0 Å². The number of aliphatic imine (C=N–C) groups is 1. The lowest BCUT2D eigenvalue weighted by Crippen LogP contribution is -2.51. The van der Waals surface area contributed by atoms with Crippen LogP contribution in [0.5, 0.6) is 0 Å². The molecular formula is C16H17BrN2O2. The van der Waals surface area contributed by atoms with E-state index in [9.17, 15) is 9.59 Å². The average molecular weight is 349 g/mol. The minimum absolute atomic E-state index is 0.0642. The predicted molar refractivity (Wildman–Crippen MR) is 84.7 cm³/mol. The average Bonchev–Trinajstić information content (AvgIpc) is 2.48. The third-order valence-corrected chi connectivity index (χ3v) is 4.65. The van der Waals surface area contributed by atoms with Crippen LogP contribution in [0.3, 0.4) is 0 Å². The lowest BCUT2D eigenvalue weighted by atomic mass is 9.88. The molecule has 1 heterocycles. The molecule has 21 heavy (non-hydrogen) atoms. The zero-order chi connectivity index (χ0) is 14.8. The van der Waals surface area contributed by atoms with Crippen molar-refractivity contribution < 1.29 is 9.59 Å². The molecule has 1 aromatic rings. The summed E-state index contributed by atoms with van der Waals surface area (Å²) in [4.78, 5) is 28.9. The minimum Gasteiger partial charge on any atom is -0.346 e. The number of benzene rings is 1. The first-order chi connectivity index (χ1) is 10.1. The Labute approximate surface area is 132 Å². The summed E-state index contributed by atoms with van der Waals surface area (Å²) < 4.78 is 0.928. The van der Waals surface area contributed by atoms with Crippen LogP contribution in [0.4, 0.5) is 0 Å². The molecule has 0 unspecified atom stereocenters. The van der Waals surface area contributed by atoms with E-state index in [0.29, 0.717) is 11.3 Å². The molecule has 4 nitrogen and oxygen atoms in total. The SMILES string of the molecule is O=C1N[C@@H]2CCCC[C@@H]2N=C1CC(=O)c1ccc(Br)cc1. The van der Waals surface area contributed by atoms with E-state index in [1.807, 2.05) is 12.1 Å². The molecule has 1 amide bonds. The van der Waals surface area contributed by atoms with Crippen LogP contribution in [-0.4, -0.2) is 29.5 Å². The number of fused-ring (bicyclic) bond motifs is 1. The Morgan fingerprint density at radius 1 is 1.24 bits per heavy atom. The van der Waals surface area contributed by atoms with Gasteiger partial charge in [0.05, 0.1) is 18.5 Å². The number of Topliss-reactive ketones (excluding diaryl/α,β-unsaturated/α-hetero) is 1. The molecule has 110 valence electrons. The first-order valence-electron chi connectivity index (χ1n) is 7.30. The number of amides is 1.